The summed E-state index contributed by atoms with van der Waals surface area (Å²) in [7, 11) is 1.86. The lowest BCUT2D eigenvalue weighted by molar-refractivity contribution is 0.222. The lowest BCUT2D eigenvalue weighted by Gasteiger charge is -2.17. The second-order valence-corrected chi connectivity index (χ2v) is 6.58. The molecule has 0 saturated carbocycles. The van der Waals surface area contributed by atoms with Crippen molar-refractivity contribution >= 4 is 11.7 Å². The Kier molecular flexibility index (Phi) is 4.11. The van der Waals surface area contributed by atoms with Gasteiger partial charge < -0.3 is 10.2 Å². The average molecular weight is 312 g/mol. The van der Waals surface area contributed by atoms with Crippen molar-refractivity contribution in [3.05, 3.63) is 46.8 Å². The van der Waals surface area contributed by atoms with E-state index in [-0.39, 0.29) is 6.03 Å². The van der Waals surface area contributed by atoms with Crippen molar-refractivity contribution in [3.8, 4) is 0 Å². The van der Waals surface area contributed by atoms with Crippen LogP contribution in [-0.2, 0) is 7.05 Å². The summed E-state index contributed by atoms with van der Waals surface area (Å²) in [4.78, 5) is 14.4. The van der Waals surface area contributed by atoms with E-state index >= 15 is 0 Å². The number of aryl methyl sites for hydroxylation is 4. The van der Waals surface area contributed by atoms with E-state index in [2.05, 4.69) is 42.5 Å². The normalized spacial score (nSPS) is 17.6. The van der Waals surface area contributed by atoms with Gasteiger partial charge in [-0.1, -0.05) is 29.3 Å². The van der Waals surface area contributed by atoms with E-state index in [4.69, 9.17) is 0 Å². The van der Waals surface area contributed by atoms with E-state index < -0.39 is 0 Å². The van der Waals surface area contributed by atoms with Gasteiger partial charge in [-0.25, -0.2) is 4.79 Å². The topological polar surface area (TPSA) is 50.2 Å². The zero-order valence-electron chi connectivity index (χ0n) is 14.3. The zero-order chi connectivity index (χ0) is 16.6. The molecular formula is C18H24N4O. The zero-order valence-corrected chi connectivity index (χ0v) is 14.3. The number of hydrogen-bond acceptors (Lipinski definition) is 2. The number of benzene rings is 1. The molecule has 1 aromatic carbocycles. The van der Waals surface area contributed by atoms with Crippen LogP contribution in [0, 0.1) is 20.8 Å². The third-order valence-corrected chi connectivity index (χ3v) is 4.45. The van der Waals surface area contributed by atoms with Crippen LogP contribution in [0.15, 0.2) is 24.4 Å². The fraction of sp³-hybridized carbons (Fsp3) is 0.444. The molecular weight excluding hydrogens is 288 g/mol. The van der Waals surface area contributed by atoms with Crippen LogP contribution in [0.3, 0.4) is 0 Å². The standard InChI is InChI=1S/C18H24N4O/c1-12-7-13(2)9-16(8-12)15-5-6-22(10-15)18(23)19-17-11-21(4)20-14(17)3/h7-9,11,15H,5-6,10H2,1-4H3,(H,19,23). The molecule has 2 aromatic rings. The summed E-state index contributed by atoms with van der Waals surface area (Å²) in [5, 5.41) is 7.23. The number of nitrogens with one attached hydrogen (secondary N) is 1. The third kappa shape index (κ3) is 3.38. The van der Waals surface area contributed by atoms with Crippen molar-refractivity contribution < 1.29 is 4.79 Å². The van der Waals surface area contributed by atoms with Crippen molar-refractivity contribution in [2.75, 3.05) is 18.4 Å². The van der Waals surface area contributed by atoms with Gasteiger partial charge in [-0.15, -0.1) is 0 Å². The minimum absolute atomic E-state index is 0.0343. The molecule has 3 rings (SSSR count). The minimum Gasteiger partial charge on any atom is -0.324 e. The monoisotopic (exact) mass is 312 g/mol. The van der Waals surface area contributed by atoms with Gasteiger partial charge in [0.1, 0.15) is 0 Å². The summed E-state index contributed by atoms with van der Waals surface area (Å²) >= 11 is 0. The average Bonchev–Trinajstić information content (AvgIpc) is 3.05. The number of likely N-dealkylation sites (tertiary alicyclic amines) is 1. The molecule has 0 spiro atoms. The molecule has 1 atom stereocenters. The Morgan fingerprint density at radius 3 is 2.52 bits per heavy atom. The lowest BCUT2D eigenvalue weighted by atomic mass is 9.95. The summed E-state index contributed by atoms with van der Waals surface area (Å²) in [6, 6.07) is 6.64. The highest BCUT2D eigenvalue weighted by molar-refractivity contribution is 5.90. The van der Waals surface area contributed by atoms with Gasteiger partial charge in [-0.05, 0) is 32.8 Å². The molecule has 1 aliphatic heterocycles. The molecule has 5 heteroatoms. The van der Waals surface area contributed by atoms with Crippen LogP contribution < -0.4 is 5.32 Å². The molecule has 2 amide bonds. The van der Waals surface area contributed by atoms with E-state index in [1.54, 1.807) is 4.68 Å². The van der Waals surface area contributed by atoms with Crippen LogP contribution in [0.1, 0.15) is 34.7 Å². The van der Waals surface area contributed by atoms with Crippen LogP contribution in [0.2, 0.25) is 0 Å². The Morgan fingerprint density at radius 2 is 1.91 bits per heavy atom. The highest BCUT2D eigenvalue weighted by Crippen LogP contribution is 2.29. The molecule has 1 aliphatic rings. The molecule has 1 N–H and O–H groups in total. The fourth-order valence-corrected chi connectivity index (χ4v) is 3.38. The Bertz CT molecular complexity index is 714. The van der Waals surface area contributed by atoms with Gasteiger partial charge >= 0.3 is 6.03 Å². The predicted octanol–water partition coefficient (Wildman–Crippen LogP) is 3.37. The Hall–Kier alpha value is -2.30. The molecule has 5 nitrogen and oxygen atoms in total. The number of amides is 2. The Morgan fingerprint density at radius 1 is 1.22 bits per heavy atom. The van der Waals surface area contributed by atoms with Gasteiger partial charge in [0, 0.05) is 32.3 Å². The summed E-state index contributed by atoms with van der Waals surface area (Å²) in [5.74, 6) is 0.425. The van der Waals surface area contributed by atoms with Crippen molar-refractivity contribution in [1.82, 2.24) is 14.7 Å². The van der Waals surface area contributed by atoms with Crippen molar-refractivity contribution in [2.45, 2.75) is 33.1 Å². The van der Waals surface area contributed by atoms with Gasteiger partial charge in [0.05, 0.1) is 11.4 Å². The number of anilines is 1. The van der Waals surface area contributed by atoms with Gasteiger partial charge in [-0.2, -0.15) is 5.10 Å². The molecule has 0 aliphatic carbocycles. The molecule has 1 unspecified atom stereocenters. The molecule has 2 heterocycles. The molecule has 1 saturated heterocycles. The van der Waals surface area contributed by atoms with Gasteiger partial charge in [0.2, 0.25) is 0 Å². The fourth-order valence-electron chi connectivity index (χ4n) is 3.38. The maximum Gasteiger partial charge on any atom is 0.321 e. The molecule has 0 bridgehead atoms. The first-order valence-corrected chi connectivity index (χ1v) is 8.07. The summed E-state index contributed by atoms with van der Waals surface area (Å²) in [5.41, 5.74) is 5.54. The number of urea groups is 1. The Balaban J connectivity index is 1.67. The molecule has 23 heavy (non-hydrogen) atoms. The second-order valence-electron chi connectivity index (χ2n) is 6.58. The molecule has 1 aromatic heterocycles. The second kappa shape index (κ2) is 6.07. The summed E-state index contributed by atoms with van der Waals surface area (Å²) < 4.78 is 1.72. The van der Waals surface area contributed by atoms with Crippen LogP contribution in [-0.4, -0.2) is 33.8 Å². The van der Waals surface area contributed by atoms with E-state index in [1.807, 2.05) is 25.1 Å². The van der Waals surface area contributed by atoms with Crippen LogP contribution in [0.25, 0.3) is 0 Å². The SMILES string of the molecule is Cc1cc(C)cc(C2CCN(C(=O)Nc3cn(C)nc3C)C2)c1. The van der Waals surface area contributed by atoms with Crippen molar-refractivity contribution in [1.29, 1.82) is 0 Å². The summed E-state index contributed by atoms with van der Waals surface area (Å²) in [6.07, 6.45) is 2.85. The third-order valence-electron chi connectivity index (χ3n) is 4.45. The van der Waals surface area contributed by atoms with E-state index in [1.165, 1.54) is 16.7 Å². The maximum atomic E-state index is 12.5. The quantitative estimate of drug-likeness (QED) is 0.924. The van der Waals surface area contributed by atoms with E-state index in [0.717, 1.165) is 30.9 Å². The molecule has 122 valence electrons. The number of rotatable bonds is 2. The van der Waals surface area contributed by atoms with Crippen LogP contribution in [0.5, 0.6) is 0 Å². The first-order chi connectivity index (χ1) is 10.9. The van der Waals surface area contributed by atoms with E-state index in [9.17, 15) is 4.79 Å². The molecule has 0 radical (unpaired) electrons. The highest BCUT2D eigenvalue weighted by atomic mass is 16.2. The van der Waals surface area contributed by atoms with Crippen LogP contribution in [0.4, 0.5) is 10.5 Å². The predicted molar refractivity (Wildman–Crippen MR) is 91.8 cm³/mol. The maximum absolute atomic E-state index is 12.5. The lowest BCUT2D eigenvalue weighted by Crippen LogP contribution is -2.32. The van der Waals surface area contributed by atoms with Crippen molar-refractivity contribution in [3.63, 3.8) is 0 Å². The first-order valence-electron chi connectivity index (χ1n) is 8.07. The summed E-state index contributed by atoms with van der Waals surface area (Å²) in [6.45, 7) is 7.72. The first kappa shape index (κ1) is 15.6. The highest BCUT2D eigenvalue weighted by Gasteiger charge is 2.28. The minimum atomic E-state index is -0.0343. The number of nitrogens with zero attached hydrogens (tertiary/aromatic N) is 3. The number of carbonyl (C=O) groups excluding carboxylic acids is 1. The largest absolute Gasteiger partial charge is 0.324 e. The number of carbonyl (C=O) groups is 1. The number of aromatic nitrogens is 2. The Labute approximate surface area is 137 Å². The molecule has 1 fully saturated rings. The van der Waals surface area contributed by atoms with Gasteiger partial charge in [0.15, 0.2) is 0 Å². The number of hydrogen-bond donors (Lipinski definition) is 1. The van der Waals surface area contributed by atoms with E-state index in [0.29, 0.717) is 5.92 Å². The van der Waals surface area contributed by atoms with Crippen molar-refractivity contribution in [2.24, 2.45) is 7.05 Å². The van der Waals surface area contributed by atoms with Gasteiger partial charge in [-0.3, -0.25) is 4.68 Å². The smallest absolute Gasteiger partial charge is 0.321 e. The van der Waals surface area contributed by atoms with Crippen LogP contribution >= 0.6 is 0 Å². The van der Waals surface area contributed by atoms with Gasteiger partial charge in [0.25, 0.3) is 0 Å².